The lowest BCUT2D eigenvalue weighted by molar-refractivity contribution is -0.121. The Morgan fingerprint density at radius 3 is 2.58 bits per heavy atom. The smallest absolute Gasteiger partial charge is 0.251 e. The number of carbonyl (C=O) groups excluding carboxylic acids is 1. The molecular weight excluding hydrogens is 413 g/mol. The molecule has 1 amide bonds. The van der Waals surface area contributed by atoms with Crippen LogP contribution in [0.15, 0.2) is 24.5 Å². The molecule has 2 aromatic heterocycles. The summed E-state index contributed by atoms with van der Waals surface area (Å²) in [4.78, 5) is 19.0. The van der Waals surface area contributed by atoms with Gasteiger partial charge in [0.05, 0.1) is 19.0 Å². The summed E-state index contributed by atoms with van der Waals surface area (Å²) in [5, 5.41) is 14.6. The van der Waals surface area contributed by atoms with Gasteiger partial charge in [-0.2, -0.15) is 15.2 Å². The van der Waals surface area contributed by atoms with E-state index in [1.165, 1.54) is 12.0 Å². The van der Waals surface area contributed by atoms with Crippen LogP contribution in [0.1, 0.15) is 11.1 Å². The molecule has 0 aliphatic carbocycles. The monoisotopic (exact) mass is 432 g/mol. The molecule has 0 radical (unpaired) electrons. The molecular formula is C20H19F3N6O2. The summed E-state index contributed by atoms with van der Waals surface area (Å²) in [6.45, 7) is 2.37. The van der Waals surface area contributed by atoms with Gasteiger partial charge in [-0.05, 0) is 36.6 Å². The zero-order valence-electron chi connectivity index (χ0n) is 16.8. The quantitative estimate of drug-likeness (QED) is 0.601. The van der Waals surface area contributed by atoms with Crippen molar-refractivity contribution in [2.75, 3.05) is 25.2 Å². The number of ether oxygens (including phenoxy) is 1. The van der Waals surface area contributed by atoms with Crippen molar-refractivity contribution in [3.05, 3.63) is 53.1 Å². The molecule has 1 saturated heterocycles. The van der Waals surface area contributed by atoms with Gasteiger partial charge in [0.2, 0.25) is 5.91 Å². The van der Waals surface area contributed by atoms with Crippen LogP contribution in [0, 0.1) is 36.2 Å². The normalized spacial score (nSPS) is 18.7. The summed E-state index contributed by atoms with van der Waals surface area (Å²) in [6, 6.07) is 1.81. The number of rotatable bonds is 6. The van der Waals surface area contributed by atoms with Crippen LogP contribution in [0.3, 0.4) is 0 Å². The molecule has 1 aliphatic rings. The van der Waals surface area contributed by atoms with E-state index in [0.717, 1.165) is 17.7 Å². The van der Waals surface area contributed by atoms with Crippen LogP contribution < -0.4 is 4.90 Å². The van der Waals surface area contributed by atoms with Crippen LogP contribution in [0.2, 0.25) is 0 Å². The van der Waals surface area contributed by atoms with Crippen molar-refractivity contribution in [1.29, 1.82) is 0 Å². The first-order valence-corrected chi connectivity index (χ1v) is 9.52. The van der Waals surface area contributed by atoms with Crippen molar-refractivity contribution in [2.24, 2.45) is 11.8 Å². The highest BCUT2D eigenvalue weighted by molar-refractivity contribution is 5.96. The Balaban J connectivity index is 1.60. The Morgan fingerprint density at radius 2 is 1.90 bits per heavy atom. The number of methoxy groups -OCH3 is 1. The number of halogens is 3. The molecule has 2 unspecified atom stereocenters. The van der Waals surface area contributed by atoms with E-state index in [-0.39, 0.29) is 42.9 Å². The van der Waals surface area contributed by atoms with Crippen LogP contribution in [0.5, 0.6) is 0 Å². The molecule has 0 bridgehead atoms. The van der Waals surface area contributed by atoms with Crippen molar-refractivity contribution in [3.8, 4) is 11.4 Å². The Kier molecular flexibility index (Phi) is 5.68. The fourth-order valence-electron chi connectivity index (χ4n) is 3.77. The Morgan fingerprint density at radius 1 is 1.19 bits per heavy atom. The van der Waals surface area contributed by atoms with Crippen LogP contribution in [-0.2, 0) is 16.0 Å². The fourth-order valence-corrected chi connectivity index (χ4v) is 3.77. The highest BCUT2D eigenvalue weighted by Gasteiger charge is 2.42. The second-order valence-corrected chi connectivity index (χ2v) is 7.42. The van der Waals surface area contributed by atoms with Gasteiger partial charge in [0.1, 0.15) is 0 Å². The number of nitrogens with zero attached hydrogens (tertiary/aromatic N) is 5. The minimum atomic E-state index is -1.54. The number of aromatic amines is 1. The van der Waals surface area contributed by atoms with E-state index in [1.807, 2.05) is 6.92 Å². The molecule has 3 heterocycles. The largest absolute Gasteiger partial charge is 0.384 e. The van der Waals surface area contributed by atoms with Crippen molar-refractivity contribution < 1.29 is 22.7 Å². The molecule has 2 atom stereocenters. The summed E-state index contributed by atoms with van der Waals surface area (Å²) in [5.41, 5.74) is 1.72. The fraction of sp³-hybridized carbons (Fsp3) is 0.350. The first kappa shape index (κ1) is 20.9. The lowest BCUT2D eigenvalue weighted by Gasteiger charge is -2.15. The Bertz CT molecular complexity index is 1100. The number of H-pyrrole nitrogens is 1. The number of benzene rings is 1. The molecule has 4 rings (SSSR count). The van der Waals surface area contributed by atoms with Crippen molar-refractivity contribution in [2.45, 2.75) is 13.3 Å². The van der Waals surface area contributed by atoms with Crippen LogP contribution >= 0.6 is 0 Å². The topological polar surface area (TPSA) is 96.9 Å². The number of hydrogen-bond acceptors (Lipinski definition) is 6. The van der Waals surface area contributed by atoms with E-state index in [1.54, 1.807) is 12.4 Å². The van der Waals surface area contributed by atoms with Gasteiger partial charge in [0.15, 0.2) is 23.3 Å². The molecule has 1 aromatic carbocycles. The molecule has 1 aliphatic heterocycles. The number of amides is 1. The molecule has 11 heteroatoms. The zero-order chi connectivity index (χ0) is 22.1. The van der Waals surface area contributed by atoms with Crippen molar-refractivity contribution >= 4 is 11.9 Å². The predicted octanol–water partition coefficient (Wildman–Crippen LogP) is 2.46. The van der Waals surface area contributed by atoms with E-state index >= 15 is 0 Å². The van der Waals surface area contributed by atoms with Crippen molar-refractivity contribution in [1.82, 2.24) is 25.4 Å². The molecule has 0 saturated carbocycles. The van der Waals surface area contributed by atoms with E-state index in [4.69, 9.17) is 4.74 Å². The van der Waals surface area contributed by atoms with Crippen LogP contribution in [-0.4, -0.2) is 51.5 Å². The summed E-state index contributed by atoms with van der Waals surface area (Å²) in [5.74, 6) is -4.70. The second-order valence-electron chi connectivity index (χ2n) is 7.42. The minimum absolute atomic E-state index is 0.0299. The average Bonchev–Trinajstić information content (AvgIpc) is 3.33. The van der Waals surface area contributed by atoms with Gasteiger partial charge in [-0.25, -0.2) is 13.2 Å². The standard InChI is InChI=1S/C20H19F3N6O2/c1-10-6-24-25-7-14(10)18-26-20(28-27-18)29-8-12(9-31-2)13(19(29)30)3-11-4-15(21)17(23)16(22)5-11/h4-7,12-13H,3,8-9H2,1-2H3,(H,26,27,28). The SMILES string of the molecule is COCC1CN(c2n[nH]c(-c3cnncc3C)n2)C(=O)C1Cc1cc(F)c(F)c(F)c1. The van der Waals surface area contributed by atoms with Gasteiger partial charge in [0, 0.05) is 31.1 Å². The maximum Gasteiger partial charge on any atom is 0.251 e. The van der Waals surface area contributed by atoms with Gasteiger partial charge in [0.25, 0.3) is 5.95 Å². The summed E-state index contributed by atoms with van der Waals surface area (Å²) in [7, 11) is 1.51. The predicted molar refractivity (Wildman–Crippen MR) is 103 cm³/mol. The number of aryl methyl sites for hydroxylation is 1. The number of nitrogens with one attached hydrogen (secondary N) is 1. The van der Waals surface area contributed by atoms with Gasteiger partial charge >= 0.3 is 0 Å². The first-order valence-electron chi connectivity index (χ1n) is 9.52. The van der Waals surface area contributed by atoms with Gasteiger partial charge in [-0.15, -0.1) is 5.10 Å². The Hall–Kier alpha value is -3.34. The van der Waals surface area contributed by atoms with E-state index < -0.39 is 23.4 Å². The molecule has 1 N–H and O–H groups in total. The van der Waals surface area contributed by atoms with Crippen LogP contribution in [0.25, 0.3) is 11.4 Å². The third-order valence-electron chi connectivity index (χ3n) is 5.35. The molecule has 162 valence electrons. The molecule has 8 nitrogen and oxygen atoms in total. The number of aromatic nitrogens is 5. The maximum absolute atomic E-state index is 13.6. The summed E-state index contributed by atoms with van der Waals surface area (Å²) < 4.78 is 45.8. The Labute approximate surface area is 175 Å². The highest BCUT2D eigenvalue weighted by atomic mass is 19.2. The number of hydrogen-bond donors (Lipinski definition) is 1. The van der Waals surface area contributed by atoms with Crippen LogP contribution in [0.4, 0.5) is 19.1 Å². The molecule has 3 aromatic rings. The average molecular weight is 432 g/mol. The molecule has 31 heavy (non-hydrogen) atoms. The summed E-state index contributed by atoms with van der Waals surface area (Å²) in [6.07, 6.45) is 3.16. The van der Waals surface area contributed by atoms with E-state index in [2.05, 4.69) is 25.4 Å². The zero-order valence-corrected chi connectivity index (χ0v) is 16.8. The summed E-state index contributed by atoms with van der Waals surface area (Å²) >= 11 is 0. The molecule has 1 fully saturated rings. The minimum Gasteiger partial charge on any atom is -0.384 e. The second kappa shape index (κ2) is 8.42. The first-order chi connectivity index (χ1) is 14.9. The maximum atomic E-state index is 13.6. The van der Waals surface area contributed by atoms with E-state index in [0.29, 0.717) is 11.4 Å². The van der Waals surface area contributed by atoms with Gasteiger partial charge in [-0.1, -0.05) is 0 Å². The number of anilines is 1. The third kappa shape index (κ3) is 4.00. The number of carbonyl (C=O) groups is 1. The lowest BCUT2D eigenvalue weighted by atomic mass is 9.89. The lowest BCUT2D eigenvalue weighted by Crippen LogP contribution is -2.28. The third-order valence-corrected chi connectivity index (χ3v) is 5.35. The van der Waals surface area contributed by atoms with E-state index in [9.17, 15) is 18.0 Å². The van der Waals surface area contributed by atoms with Gasteiger partial charge in [-0.3, -0.25) is 14.8 Å². The van der Waals surface area contributed by atoms with Gasteiger partial charge < -0.3 is 4.74 Å². The molecule has 0 spiro atoms. The highest BCUT2D eigenvalue weighted by Crippen LogP contribution is 2.32. The van der Waals surface area contributed by atoms with Crippen molar-refractivity contribution in [3.63, 3.8) is 0 Å².